The van der Waals surface area contributed by atoms with E-state index in [2.05, 4.69) is 44.2 Å². The summed E-state index contributed by atoms with van der Waals surface area (Å²) in [5.74, 6) is -0.184. The quantitative estimate of drug-likeness (QED) is 0.584. The number of carbonyl (C=O) groups excluding carboxylic acids is 2. The van der Waals surface area contributed by atoms with Gasteiger partial charge in [-0.15, -0.1) is 0 Å². The van der Waals surface area contributed by atoms with Gasteiger partial charge in [0.05, 0.1) is 11.1 Å². The molecule has 0 fully saturated rings. The molecular weight excluding hydrogens is 346 g/mol. The maximum absolute atomic E-state index is 12.6. The van der Waals surface area contributed by atoms with Gasteiger partial charge in [-0.3, -0.25) is 14.5 Å². The number of imide groups is 1. The third-order valence-electron chi connectivity index (χ3n) is 5.47. The molecule has 2 amide bonds. The van der Waals surface area contributed by atoms with E-state index in [1.165, 1.54) is 27.2 Å². The number of carbonyl (C=O) groups is 2. The van der Waals surface area contributed by atoms with Gasteiger partial charge < -0.3 is 0 Å². The van der Waals surface area contributed by atoms with Gasteiger partial charge in [0.1, 0.15) is 0 Å². The number of nitrogens with zero attached hydrogens (tertiary/aromatic N) is 1. The minimum absolute atomic E-state index is 0.173. The van der Waals surface area contributed by atoms with Gasteiger partial charge in [0.2, 0.25) is 0 Å². The van der Waals surface area contributed by atoms with Crippen molar-refractivity contribution < 1.29 is 9.59 Å². The predicted octanol–water partition coefficient (Wildman–Crippen LogP) is 5.14. The fourth-order valence-corrected chi connectivity index (χ4v) is 3.99. The molecule has 0 aliphatic carbocycles. The highest BCUT2D eigenvalue weighted by Crippen LogP contribution is 2.28. The molecule has 0 bridgehead atoms. The molecule has 3 heteroatoms. The van der Waals surface area contributed by atoms with Crippen molar-refractivity contribution in [2.75, 3.05) is 6.54 Å². The topological polar surface area (TPSA) is 37.4 Å². The molecule has 0 aromatic heterocycles. The fraction of sp³-hybridized carbons (Fsp3) is 0.200. The second kappa shape index (κ2) is 7.43. The zero-order chi connectivity index (χ0) is 19.7. The highest BCUT2D eigenvalue weighted by Gasteiger charge is 2.35. The van der Waals surface area contributed by atoms with E-state index in [-0.39, 0.29) is 17.7 Å². The molecular formula is C25H23NO2. The summed E-state index contributed by atoms with van der Waals surface area (Å²) in [6.45, 7) is 4.67. The van der Waals surface area contributed by atoms with Crippen molar-refractivity contribution >= 4 is 11.8 Å². The lowest BCUT2D eigenvalue weighted by Gasteiger charge is -2.21. The Kier molecular flexibility index (Phi) is 4.82. The molecule has 3 aromatic carbocycles. The number of rotatable bonds is 5. The van der Waals surface area contributed by atoms with Crippen molar-refractivity contribution in [3.63, 3.8) is 0 Å². The van der Waals surface area contributed by atoms with Crippen molar-refractivity contribution in [1.82, 2.24) is 4.90 Å². The Balaban J connectivity index is 1.52. The Morgan fingerprint density at radius 2 is 1.32 bits per heavy atom. The molecule has 1 atom stereocenters. The van der Waals surface area contributed by atoms with Gasteiger partial charge in [-0.25, -0.2) is 0 Å². The van der Waals surface area contributed by atoms with Crippen LogP contribution in [0.4, 0.5) is 0 Å². The van der Waals surface area contributed by atoms with Gasteiger partial charge in [0, 0.05) is 6.54 Å². The summed E-state index contributed by atoms with van der Waals surface area (Å²) in [5, 5.41) is 0. The maximum atomic E-state index is 12.6. The van der Waals surface area contributed by atoms with Crippen LogP contribution in [0, 0.1) is 12.8 Å². The summed E-state index contributed by atoms with van der Waals surface area (Å²) in [6.07, 6.45) is 0.819. The molecule has 4 rings (SSSR count). The van der Waals surface area contributed by atoms with Crippen LogP contribution in [0.15, 0.2) is 72.8 Å². The standard InChI is InChI=1S/C25H23NO2/c1-17(16-26-24(27)22-12-6-7-13-23(22)25(26)28)15-20-11-8-14-21(18(20)2)19-9-4-3-5-10-19/h3-14,17H,15-16H2,1-2H3. The SMILES string of the molecule is Cc1c(CC(C)CN2C(=O)c3ccccc3C2=O)cccc1-c1ccccc1. The van der Waals surface area contributed by atoms with Crippen LogP contribution in [0.5, 0.6) is 0 Å². The van der Waals surface area contributed by atoms with Gasteiger partial charge in [-0.1, -0.05) is 67.6 Å². The smallest absolute Gasteiger partial charge is 0.261 e. The Hall–Kier alpha value is -3.20. The van der Waals surface area contributed by atoms with E-state index in [0.717, 1.165) is 6.42 Å². The number of benzene rings is 3. The molecule has 1 heterocycles. The van der Waals surface area contributed by atoms with Crippen molar-refractivity contribution in [3.8, 4) is 11.1 Å². The number of amides is 2. The summed E-state index contributed by atoms with van der Waals surface area (Å²) in [6, 6.07) is 23.8. The van der Waals surface area contributed by atoms with Crippen molar-refractivity contribution in [3.05, 3.63) is 95.1 Å². The minimum Gasteiger partial charge on any atom is -0.274 e. The van der Waals surface area contributed by atoms with Crippen molar-refractivity contribution in [2.45, 2.75) is 20.3 Å². The van der Waals surface area contributed by atoms with E-state index >= 15 is 0 Å². The highest BCUT2D eigenvalue weighted by atomic mass is 16.2. The van der Waals surface area contributed by atoms with Crippen LogP contribution in [-0.2, 0) is 6.42 Å². The summed E-state index contributed by atoms with van der Waals surface area (Å²) in [4.78, 5) is 26.6. The van der Waals surface area contributed by atoms with E-state index in [1.54, 1.807) is 24.3 Å². The van der Waals surface area contributed by atoms with Crippen molar-refractivity contribution in [1.29, 1.82) is 0 Å². The van der Waals surface area contributed by atoms with Crippen LogP contribution in [0.2, 0.25) is 0 Å². The monoisotopic (exact) mass is 369 g/mol. The van der Waals surface area contributed by atoms with Gasteiger partial charge >= 0.3 is 0 Å². The number of fused-ring (bicyclic) bond motifs is 1. The lowest BCUT2D eigenvalue weighted by Crippen LogP contribution is -2.34. The number of hydrogen-bond acceptors (Lipinski definition) is 2. The zero-order valence-corrected chi connectivity index (χ0v) is 16.2. The normalized spacial score (nSPS) is 14.3. The van der Waals surface area contributed by atoms with Crippen LogP contribution in [0.25, 0.3) is 11.1 Å². The fourth-order valence-electron chi connectivity index (χ4n) is 3.99. The Bertz CT molecular complexity index is 1000. The first-order valence-electron chi connectivity index (χ1n) is 9.65. The first kappa shape index (κ1) is 18.2. The van der Waals surface area contributed by atoms with Crippen LogP contribution in [0.3, 0.4) is 0 Å². The number of hydrogen-bond donors (Lipinski definition) is 0. The zero-order valence-electron chi connectivity index (χ0n) is 16.2. The highest BCUT2D eigenvalue weighted by molar-refractivity contribution is 6.21. The molecule has 3 nitrogen and oxygen atoms in total. The predicted molar refractivity (Wildman–Crippen MR) is 111 cm³/mol. The lowest BCUT2D eigenvalue weighted by molar-refractivity contribution is 0.0632. The lowest BCUT2D eigenvalue weighted by atomic mass is 9.91. The third kappa shape index (κ3) is 3.24. The average molecular weight is 369 g/mol. The van der Waals surface area contributed by atoms with Crippen LogP contribution in [-0.4, -0.2) is 23.3 Å². The Morgan fingerprint density at radius 3 is 1.96 bits per heavy atom. The van der Waals surface area contributed by atoms with Crippen LogP contribution >= 0.6 is 0 Å². The van der Waals surface area contributed by atoms with Gasteiger partial charge in [0.25, 0.3) is 11.8 Å². The van der Waals surface area contributed by atoms with E-state index in [9.17, 15) is 9.59 Å². The Morgan fingerprint density at radius 1 is 0.750 bits per heavy atom. The van der Waals surface area contributed by atoms with Gasteiger partial charge in [0.15, 0.2) is 0 Å². The van der Waals surface area contributed by atoms with Gasteiger partial charge in [-0.05, 0) is 53.6 Å². The molecule has 140 valence electrons. The van der Waals surface area contributed by atoms with E-state index < -0.39 is 0 Å². The molecule has 3 aromatic rings. The first-order valence-corrected chi connectivity index (χ1v) is 9.65. The first-order chi connectivity index (χ1) is 13.6. The molecule has 28 heavy (non-hydrogen) atoms. The maximum Gasteiger partial charge on any atom is 0.261 e. The van der Waals surface area contributed by atoms with Crippen LogP contribution in [0.1, 0.15) is 38.8 Å². The average Bonchev–Trinajstić information content (AvgIpc) is 2.95. The summed E-state index contributed by atoms with van der Waals surface area (Å²) < 4.78 is 0. The molecule has 0 N–H and O–H groups in total. The van der Waals surface area contributed by atoms with Crippen LogP contribution < -0.4 is 0 Å². The van der Waals surface area contributed by atoms with Gasteiger partial charge in [-0.2, -0.15) is 0 Å². The second-order valence-corrected chi connectivity index (χ2v) is 7.53. The molecule has 1 aliphatic rings. The third-order valence-corrected chi connectivity index (χ3v) is 5.47. The summed E-state index contributed by atoms with van der Waals surface area (Å²) >= 11 is 0. The molecule has 1 aliphatic heterocycles. The summed E-state index contributed by atoms with van der Waals surface area (Å²) in [7, 11) is 0. The second-order valence-electron chi connectivity index (χ2n) is 7.53. The van der Waals surface area contributed by atoms with E-state index in [4.69, 9.17) is 0 Å². The van der Waals surface area contributed by atoms with E-state index in [0.29, 0.717) is 17.7 Å². The molecule has 1 unspecified atom stereocenters. The van der Waals surface area contributed by atoms with E-state index in [1.807, 2.05) is 18.2 Å². The molecule has 0 saturated heterocycles. The largest absolute Gasteiger partial charge is 0.274 e. The Labute approximate surface area is 165 Å². The molecule has 0 spiro atoms. The minimum atomic E-state index is -0.179. The van der Waals surface area contributed by atoms with Crippen molar-refractivity contribution in [2.24, 2.45) is 5.92 Å². The summed E-state index contributed by atoms with van der Waals surface area (Å²) in [5.41, 5.74) is 5.97. The molecule has 0 saturated carbocycles. The molecule has 0 radical (unpaired) electrons.